The van der Waals surface area contributed by atoms with E-state index < -0.39 is 11.6 Å². The third-order valence-electron chi connectivity index (χ3n) is 5.42. The highest BCUT2D eigenvalue weighted by molar-refractivity contribution is 6.11. The number of imide groups is 1. The van der Waals surface area contributed by atoms with Crippen molar-refractivity contribution in [2.75, 3.05) is 6.54 Å². The van der Waals surface area contributed by atoms with Crippen LogP contribution in [0.25, 0.3) is 5.69 Å². The Morgan fingerprint density at radius 1 is 1.14 bits per heavy atom. The normalized spacial score (nSPS) is 19.2. The summed E-state index contributed by atoms with van der Waals surface area (Å²) in [7, 11) is 0. The van der Waals surface area contributed by atoms with E-state index in [0.29, 0.717) is 12.0 Å². The van der Waals surface area contributed by atoms with Crippen molar-refractivity contribution in [1.29, 1.82) is 0 Å². The molecule has 1 atom stereocenters. The average Bonchev–Trinajstić information content (AvgIpc) is 3.08. The van der Waals surface area contributed by atoms with Crippen LogP contribution in [0, 0.1) is 13.8 Å². The van der Waals surface area contributed by atoms with Gasteiger partial charge in [-0.15, -0.1) is 0 Å². The number of carbonyl (C=O) groups is 3. The summed E-state index contributed by atoms with van der Waals surface area (Å²) in [6, 6.07) is 11.1. The first-order chi connectivity index (χ1) is 13.3. The Morgan fingerprint density at radius 3 is 2.46 bits per heavy atom. The molecule has 3 amide bonds. The van der Waals surface area contributed by atoms with Gasteiger partial charge in [0.05, 0.1) is 6.54 Å². The Labute approximate surface area is 165 Å². The van der Waals surface area contributed by atoms with Crippen LogP contribution in [0.15, 0.2) is 36.4 Å². The van der Waals surface area contributed by atoms with E-state index >= 15 is 0 Å². The first kappa shape index (κ1) is 19.9. The van der Waals surface area contributed by atoms with Gasteiger partial charge in [-0.2, -0.15) is 0 Å². The third-order valence-corrected chi connectivity index (χ3v) is 5.42. The molecule has 0 spiro atoms. The summed E-state index contributed by atoms with van der Waals surface area (Å²) in [6.07, 6.45) is 2.34. The monoisotopic (exact) mass is 381 g/mol. The molecule has 28 heavy (non-hydrogen) atoms. The van der Waals surface area contributed by atoms with Gasteiger partial charge in [-0.1, -0.05) is 38.0 Å². The van der Waals surface area contributed by atoms with Crippen molar-refractivity contribution in [1.82, 2.24) is 14.8 Å². The fraction of sp³-hybridized carbons (Fsp3) is 0.409. The third kappa shape index (κ3) is 3.46. The fourth-order valence-electron chi connectivity index (χ4n) is 3.84. The van der Waals surface area contributed by atoms with Crippen LogP contribution in [0.1, 0.15) is 54.9 Å². The maximum atomic E-state index is 12.9. The molecular formula is C22H27N3O3. The Hall–Kier alpha value is -2.89. The zero-order valence-electron chi connectivity index (χ0n) is 16.9. The number of nitrogens with zero attached hydrogens (tertiary/aromatic N) is 2. The van der Waals surface area contributed by atoms with Gasteiger partial charge in [0.1, 0.15) is 5.54 Å². The molecule has 1 aromatic heterocycles. The van der Waals surface area contributed by atoms with Crippen LogP contribution < -0.4 is 5.32 Å². The van der Waals surface area contributed by atoms with Crippen LogP contribution in [-0.4, -0.2) is 39.3 Å². The summed E-state index contributed by atoms with van der Waals surface area (Å²) in [4.78, 5) is 39.1. The highest BCUT2D eigenvalue weighted by Gasteiger charge is 2.47. The van der Waals surface area contributed by atoms with Crippen molar-refractivity contribution in [2.45, 2.75) is 52.5 Å². The zero-order valence-corrected chi connectivity index (χ0v) is 16.9. The first-order valence-corrected chi connectivity index (χ1v) is 9.70. The number of aryl methyl sites for hydroxylation is 1. The quantitative estimate of drug-likeness (QED) is 0.586. The number of ketones is 1. The van der Waals surface area contributed by atoms with Gasteiger partial charge in [0, 0.05) is 22.6 Å². The highest BCUT2D eigenvalue weighted by Crippen LogP contribution is 2.25. The van der Waals surface area contributed by atoms with Gasteiger partial charge in [0.15, 0.2) is 5.78 Å². The molecule has 2 aromatic rings. The zero-order chi connectivity index (χ0) is 20.5. The van der Waals surface area contributed by atoms with Crippen molar-refractivity contribution < 1.29 is 14.4 Å². The molecule has 0 aliphatic carbocycles. The lowest BCUT2D eigenvalue weighted by atomic mass is 9.95. The van der Waals surface area contributed by atoms with Crippen LogP contribution in [0.2, 0.25) is 0 Å². The first-order valence-electron chi connectivity index (χ1n) is 9.70. The van der Waals surface area contributed by atoms with Crippen LogP contribution in [-0.2, 0) is 4.79 Å². The number of rotatable bonds is 7. The summed E-state index contributed by atoms with van der Waals surface area (Å²) in [5.41, 5.74) is 2.31. The van der Waals surface area contributed by atoms with E-state index in [0.717, 1.165) is 34.8 Å². The predicted octanol–water partition coefficient (Wildman–Crippen LogP) is 3.78. The molecule has 0 bridgehead atoms. The Bertz CT molecular complexity index is 917. The van der Waals surface area contributed by atoms with E-state index in [1.54, 1.807) is 6.92 Å². The Kier molecular flexibility index (Phi) is 5.40. The number of nitrogens with one attached hydrogen (secondary N) is 1. The number of urea groups is 1. The summed E-state index contributed by atoms with van der Waals surface area (Å²) in [6.45, 7) is 7.34. The van der Waals surface area contributed by atoms with Crippen molar-refractivity contribution in [2.24, 2.45) is 0 Å². The second-order valence-corrected chi connectivity index (χ2v) is 7.64. The van der Waals surface area contributed by atoms with Gasteiger partial charge in [0.2, 0.25) is 0 Å². The van der Waals surface area contributed by atoms with E-state index in [9.17, 15) is 14.4 Å². The van der Waals surface area contributed by atoms with Gasteiger partial charge in [-0.25, -0.2) is 4.79 Å². The minimum Gasteiger partial charge on any atom is -0.323 e. The van der Waals surface area contributed by atoms with Crippen LogP contribution in [0.4, 0.5) is 4.79 Å². The number of benzene rings is 1. The molecule has 1 fully saturated rings. The SMILES string of the molecule is CCCC[C@]1(C)NC(=O)N(CC(=O)c2cc(C)n(-c3ccccc3)c2C)C1=O. The molecule has 0 saturated carbocycles. The molecular weight excluding hydrogens is 354 g/mol. The molecule has 0 unspecified atom stereocenters. The van der Waals surface area contributed by atoms with Crippen molar-refractivity contribution in [3.63, 3.8) is 0 Å². The van der Waals surface area contributed by atoms with Crippen LogP contribution >= 0.6 is 0 Å². The number of unbranched alkanes of at least 4 members (excludes halogenated alkanes) is 1. The average molecular weight is 381 g/mol. The maximum Gasteiger partial charge on any atom is 0.325 e. The number of hydrogen-bond acceptors (Lipinski definition) is 3. The lowest BCUT2D eigenvalue weighted by Crippen LogP contribution is -2.44. The number of aromatic nitrogens is 1. The van der Waals surface area contributed by atoms with Crippen molar-refractivity contribution >= 4 is 17.7 Å². The van der Waals surface area contributed by atoms with Crippen LogP contribution in [0.3, 0.4) is 0 Å². The second-order valence-electron chi connectivity index (χ2n) is 7.64. The summed E-state index contributed by atoms with van der Waals surface area (Å²) in [5.74, 6) is -0.560. The number of carbonyl (C=O) groups excluding carboxylic acids is 3. The van der Waals surface area contributed by atoms with E-state index in [4.69, 9.17) is 0 Å². The minimum absolute atomic E-state index is 0.237. The van der Waals surface area contributed by atoms with E-state index in [1.807, 2.05) is 61.7 Å². The molecule has 2 heterocycles. The fourth-order valence-corrected chi connectivity index (χ4v) is 3.84. The number of Topliss-reactive ketones (excluding diaryl/α,β-unsaturated/α-hetero) is 1. The molecule has 148 valence electrons. The van der Waals surface area contributed by atoms with Gasteiger partial charge in [-0.3, -0.25) is 14.5 Å². The number of amides is 3. The summed E-state index contributed by atoms with van der Waals surface area (Å²) < 4.78 is 2.00. The molecule has 3 rings (SSSR count). The predicted molar refractivity (Wildman–Crippen MR) is 108 cm³/mol. The molecule has 1 aromatic carbocycles. The van der Waals surface area contributed by atoms with Gasteiger partial charge in [0.25, 0.3) is 5.91 Å². The van der Waals surface area contributed by atoms with E-state index in [2.05, 4.69) is 5.32 Å². The van der Waals surface area contributed by atoms with Crippen LogP contribution in [0.5, 0.6) is 0 Å². The lowest BCUT2D eigenvalue weighted by Gasteiger charge is -2.21. The van der Waals surface area contributed by atoms with Gasteiger partial charge >= 0.3 is 6.03 Å². The van der Waals surface area contributed by atoms with E-state index in [-0.39, 0.29) is 18.2 Å². The number of para-hydroxylation sites is 1. The largest absolute Gasteiger partial charge is 0.325 e. The van der Waals surface area contributed by atoms with Crippen molar-refractivity contribution in [3.05, 3.63) is 53.3 Å². The topological polar surface area (TPSA) is 71.4 Å². The van der Waals surface area contributed by atoms with Gasteiger partial charge < -0.3 is 9.88 Å². The molecule has 1 aliphatic heterocycles. The van der Waals surface area contributed by atoms with Crippen molar-refractivity contribution in [3.8, 4) is 5.69 Å². The smallest absolute Gasteiger partial charge is 0.323 e. The standard InChI is InChI=1S/C22H27N3O3/c1-5-6-12-22(4)20(27)24(21(28)23-22)14-19(26)18-13-15(2)25(16(18)3)17-10-8-7-9-11-17/h7-11,13H,5-6,12,14H2,1-4H3,(H,23,28)/t22-/m0/s1. The van der Waals surface area contributed by atoms with E-state index in [1.165, 1.54) is 0 Å². The summed E-state index contributed by atoms with van der Waals surface area (Å²) >= 11 is 0. The molecule has 6 heteroatoms. The maximum absolute atomic E-state index is 12.9. The summed E-state index contributed by atoms with van der Waals surface area (Å²) in [5, 5.41) is 2.76. The Morgan fingerprint density at radius 2 is 1.82 bits per heavy atom. The second kappa shape index (κ2) is 7.62. The molecule has 6 nitrogen and oxygen atoms in total. The Balaban J connectivity index is 1.83. The molecule has 0 radical (unpaired) electrons. The highest BCUT2D eigenvalue weighted by atomic mass is 16.2. The molecule has 1 saturated heterocycles. The lowest BCUT2D eigenvalue weighted by molar-refractivity contribution is -0.130. The van der Waals surface area contributed by atoms with Gasteiger partial charge in [-0.05, 0) is 45.4 Å². The molecule has 1 aliphatic rings. The number of hydrogen-bond donors (Lipinski definition) is 1. The minimum atomic E-state index is -0.922. The molecule has 1 N–H and O–H groups in total.